The molecule has 1 aromatic rings. The van der Waals surface area contributed by atoms with Gasteiger partial charge in [-0.15, -0.1) is 0 Å². The maximum Gasteiger partial charge on any atom is 0.222 e. The van der Waals surface area contributed by atoms with Gasteiger partial charge in [0.2, 0.25) is 5.91 Å². The van der Waals surface area contributed by atoms with E-state index in [0.29, 0.717) is 11.1 Å². The Hall–Kier alpha value is -1.36. The highest BCUT2D eigenvalue weighted by Crippen LogP contribution is 2.40. The summed E-state index contributed by atoms with van der Waals surface area (Å²) in [5, 5.41) is 3.30. The third-order valence-corrected chi connectivity index (χ3v) is 4.80. The van der Waals surface area contributed by atoms with E-state index in [9.17, 15) is 4.79 Å². The highest BCUT2D eigenvalue weighted by molar-refractivity contribution is 6.30. The van der Waals surface area contributed by atoms with E-state index in [1.165, 1.54) is 0 Å². The van der Waals surface area contributed by atoms with Gasteiger partial charge >= 0.3 is 0 Å². The summed E-state index contributed by atoms with van der Waals surface area (Å²) in [7, 11) is 1.70. The quantitative estimate of drug-likeness (QED) is 0.870. The molecule has 1 saturated carbocycles. The molecule has 2 aliphatic rings. The lowest BCUT2D eigenvalue weighted by molar-refractivity contribution is -0.125. The van der Waals surface area contributed by atoms with Gasteiger partial charge in [-0.05, 0) is 32.6 Å². The summed E-state index contributed by atoms with van der Waals surface area (Å²) < 4.78 is 0. The number of aromatic nitrogens is 2. The monoisotopic (exact) mass is 308 g/mol. The van der Waals surface area contributed by atoms with Crippen LogP contribution in [0.25, 0.3) is 0 Å². The Labute approximate surface area is 130 Å². The van der Waals surface area contributed by atoms with Crippen LogP contribution in [0.15, 0.2) is 0 Å². The first kappa shape index (κ1) is 14.6. The van der Waals surface area contributed by atoms with E-state index in [0.717, 1.165) is 56.0 Å². The van der Waals surface area contributed by atoms with E-state index in [1.807, 2.05) is 6.92 Å². The zero-order valence-corrected chi connectivity index (χ0v) is 13.3. The molecular formula is C15H21ClN4O. The van der Waals surface area contributed by atoms with E-state index in [-0.39, 0.29) is 11.8 Å². The van der Waals surface area contributed by atoms with Crippen LogP contribution in [0.1, 0.15) is 43.0 Å². The van der Waals surface area contributed by atoms with E-state index in [4.69, 9.17) is 16.6 Å². The van der Waals surface area contributed by atoms with E-state index in [1.54, 1.807) is 7.05 Å². The third kappa shape index (κ3) is 2.98. The summed E-state index contributed by atoms with van der Waals surface area (Å²) in [6.07, 6.45) is 4.05. The van der Waals surface area contributed by atoms with E-state index in [2.05, 4.69) is 15.2 Å². The molecular weight excluding hydrogens is 288 g/mol. The number of halogens is 1. The molecule has 114 valence electrons. The van der Waals surface area contributed by atoms with Crippen LogP contribution in [0.2, 0.25) is 5.15 Å². The summed E-state index contributed by atoms with van der Waals surface area (Å²) in [5.74, 6) is 2.59. The lowest BCUT2D eigenvalue weighted by Gasteiger charge is -2.33. The van der Waals surface area contributed by atoms with Crippen molar-refractivity contribution in [2.24, 2.45) is 5.92 Å². The number of rotatable bonds is 3. The maximum absolute atomic E-state index is 11.7. The highest BCUT2D eigenvalue weighted by Gasteiger charge is 2.30. The minimum absolute atomic E-state index is 0.117. The Kier molecular flexibility index (Phi) is 4.02. The van der Waals surface area contributed by atoms with Crippen molar-refractivity contribution in [3.63, 3.8) is 0 Å². The molecule has 2 heterocycles. The average Bonchev–Trinajstić information content (AvgIpc) is 3.34. The Bertz CT molecular complexity index is 551. The molecule has 1 aromatic heterocycles. The topological polar surface area (TPSA) is 58.1 Å². The summed E-state index contributed by atoms with van der Waals surface area (Å²) >= 11 is 6.27. The summed E-state index contributed by atoms with van der Waals surface area (Å²) in [6.45, 7) is 3.66. The molecule has 5 nitrogen and oxygen atoms in total. The van der Waals surface area contributed by atoms with Gasteiger partial charge in [0.25, 0.3) is 0 Å². The SMILES string of the molecule is CNC(=O)C1CCN(c2nc(C3CC3)nc(Cl)c2C)CC1. The summed E-state index contributed by atoms with van der Waals surface area (Å²) in [6, 6.07) is 0. The van der Waals surface area contributed by atoms with Crippen molar-refractivity contribution < 1.29 is 4.79 Å². The van der Waals surface area contributed by atoms with Crippen molar-refractivity contribution in [2.45, 2.75) is 38.5 Å². The van der Waals surface area contributed by atoms with Crippen LogP contribution in [0.4, 0.5) is 5.82 Å². The second-order valence-corrected chi connectivity index (χ2v) is 6.33. The number of anilines is 1. The minimum Gasteiger partial charge on any atom is -0.359 e. The molecule has 1 amide bonds. The number of hydrogen-bond acceptors (Lipinski definition) is 4. The van der Waals surface area contributed by atoms with Crippen molar-refractivity contribution in [3.8, 4) is 0 Å². The zero-order valence-electron chi connectivity index (χ0n) is 12.5. The Balaban J connectivity index is 1.77. The lowest BCUT2D eigenvalue weighted by atomic mass is 9.96. The standard InChI is InChI=1S/C15H21ClN4O/c1-9-12(16)18-13(10-3-4-10)19-14(9)20-7-5-11(6-8-20)15(21)17-2/h10-11H,3-8H2,1-2H3,(H,17,21). The molecule has 0 spiro atoms. The summed E-state index contributed by atoms with van der Waals surface area (Å²) in [5.41, 5.74) is 0.944. The van der Waals surface area contributed by atoms with Crippen LogP contribution >= 0.6 is 11.6 Å². The largest absolute Gasteiger partial charge is 0.359 e. The lowest BCUT2D eigenvalue weighted by Crippen LogP contribution is -2.40. The number of amides is 1. The fourth-order valence-electron chi connectivity index (χ4n) is 2.88. The first-order chi connectivity index (χ1) is 10.1. The predicted molar refractivity (Wildman–Crippen MR) is 82.8 cm³/mol. The normalized spacial score (nSPS) is 19.7. The Morgan fingerprint density at radius 1 is 1.24 bits per heavy atom. The van der Waals surface area contributed by atoms with Crippen LogP contribution in [0, 0.1) is 12.8 Å². The van der Waals surface area contributed by atoms with Crippen molar-refractivity contribution in [1.82, 2.24) is 15.3 Å². The number of nitrogens with one attached hydrogen (secondary N) is 1. The smallest absolute Gasteiger partial charge is 0.222 e. The molecule has 1 saturated heterocycles. The number of piperidine rings is 1. The van der Waals surface area contributed by atoms with Crippen molar-refractivity contribution in [1.29, 1.82) is 0 Å². The maximum atomic E-state index is 11.7. The van der Waals surface area contributed by atoms with Crippen LogP contribution in [-0.4, -0.2) is 36.0 Å². The summed E-state index contributed by atoms with van der Waals surface area (Å²) in [4.78, 5) is 23.1. The van der Waals surface area contributed by atoms with Gasteiger partial charge in [0.05, 0.1) is 0 Å². The van der Waals surface area contributed by atoms with Gasteiger partial charge in [-0.1, -0.05) is 11.6 Å². The Morgan fingerprint density at radius 3 is 2.48 bits per heavy atom. The van der Waals surface area contributed by atoms with E-state index < -0.39 is 0 Å². The second-order valence-electron chi connectivity index (χ2n) is 5.97. The van der Waals surface area contributed by atoms with Crippen LogP contribution in [0.3, 0.4) is 0 Å². The van der Waals surface area contributed by atoms with Gasteiger partial charge < -0.3 is 10.2 Å². The van der Waals surface area contributed by atoms with Gasteiger partial charge in [-0.25, -0.2) is 9.97 Å². The molecule has 21 heavy (non-hydrogen) atoms. The molecule has 1 aliphatic carbocycles. The molecule has 0 bridgehead atoms. The van der Waals surface area contributed by atoms with Gasteiger partial charge in [-0.3, -0.25) is 4.79 Å². The first-order valence-corrected chi connectivity index (χ1v) is 7.98. The molecule has 3 rings (SSSR count). The highest BCUT2D eigenvalue weighted by atomic mass is 35.5. The van der Waals surface area contributed by atoms with E-state index >= 15 is 0 Å². The van der Waals surface area contributed by atoms with Crippen LogP contribution in [0.5, 0.6) is 0 Å². The number of hydrogen-bond donors (Lipinski definition) is 1. The molecule has 1 aliphatic heterocycles. The zero-order chi connectivity index (χ0) is 15.0. The molecule has 0 unspecified atom stereocenters. The van der Waals surface area contributed by atoms with Crippen LogP contribution < -0.4 is 10.2 Å². The molecule has 6 heteroatoms. The number of nitrogens with zero attached hydrogens (tertiary/aromatic N) is 3. The molecule has 2 fully saturated rings. The van der Waals surface area contributed by atoms with Crippen molar-refractivity contribution in [3.05, 3.63) is 16.5 Å². The average molecular weight is 309 g/mol. The molecule has 0 radical (unpaired) electrons. The van der Waals surface area contributed by atoms with Crippen molar-refractivity contribution in [2.75, 3.05) is 25.0 Å². The molecule has 0 atom stereocenters. The van der Waals surface area contributed by atoms with Gasteiger partial charge in [0.1, 0.15) is 16.8 Å². The fraction of sp³-hybridized carbons (Fsp3) is 0.667. The molecule has 0 aromatic carbocycles. The van der Waals surface area contributed by atoms with Crippen LogP contribution in [-0.2, 0) is 4.79 Å². The molecule has 1 N–H and O–H groups in total. The number of carbonyl (C=O) groups is 1. The predicted octanol–water partition coefficient (Wildman–Crippen LogP) is 2.28. The first-order valence-electron chi connectivity index (χ1n) is 7.60. The number of carbonyl (C=O) groups excluding carboxylic acids is 1. The van der Waals surface area contributed by atoms with Gasteiger partial charge in [0.15, 0.2) is 0 Å². The fourth-order valence-corrected chi connectivity index (χ4v) is 3.05. The Morgan fingerprint density at radius 2 is 1.90 bits per heavy atom. The van der Waals surface area contributed by atoms with Gasteiger partial charge in [-0.2, -0.15) is 0 Å². The minimum atomic E-state index is 0.117. The van der Waals surface area contributed by atoms with Gasteiger partial charge in [0, 0.05) is 37.5 Å². The van der Waals surface area contributed by atoms with Crippen molar-refractivity contribution >= 4 is 23.3 Å². The third-order valence-electron chi connectivity index (χ3n) is 4.43. The second kappa shape index (κ2) is 5.79.